The fraction of sp³-hybridized carbons (Fsp3) is 0.588. The van der Waals surface area contributed by atoms with Gasteiger partial charge in [0.1, 0.15) is 5.75 Å². The Morgan fingerprint density at radius 2 is 1.83 bits per heavy atom. The molecule has 0 radical (unpaired) electrons. The largest absolute Gasteiger partial charge is 0.481 e. The number of nitrogens with zero attached hydrogens (tertiary/aromatic N) is 1. The Balaban J connectivity index is 2.06. The lowest BCUT2D eigenvalue weighted by Crippen LogP contribution is -2.49. The van der Waals surface area contributed by atoms with Crippen LogP contribution in [0.15, 0.2) is 29.2 Å². The lowest BCUT2D eigenvalue weighted by atomic mass is 9.94. The highest BCUT2D eigenvalue weighted by Gasteiger charge is 2.32. The fourth-order valence-corrected chi connectivity index (χ4v) is 3.30. The number of sulfone groups is 1. The molecule has 1 fully saturated rings. The summed E-state index contributed by atoms with van der Waals surface area (Å²) >= 11 is 0. The molecule has 1 aromatic rings. The van der Waals surface area contributed by atoms with Gasteiger partial charge < -0.3 is 9.64 Å². The summed E-state index contributed by atoms with van der Waals surface area (Å²) in [4.78, 5) is 14.6. The van der Waals surface area contributed by atoms with Crippen LogP contribution < -0.4 is 4.74 Å². The van der Waals surface area contributed by atoms with Crippen molar-refractivity contribution in [1.82, 2.24) is 4.90 Å². The number of likely N-dealkylation sites (tertiary alicyclic amines) is 1. The molecule has 23 heavy (non-hydrogen) atoms. The third-order valence-electron chi connectivity index (χ3n) is 3.68. The van der Waals surface area contributed by atoms with E-state index in [2.05, 4.69) is 20.8 Å². The normalized spacial score (nSPS) is 19.7. The molecule has 1 heterocycles. The summed E-state index contributed by atoms with van der Waals surface area (Å²) in [5.74, 6) is 0.534. The Labute approximate surface area is 138 Å². The van der Waals surface area contributed by atoms with Crippen LogP contribution in [0.5, 0.6) is 5.75 Å². The van der Waals surface area contributed by atoms with E-state index in [-0.39, 0.29) is 16.2 Å². The van der Waals surface area contributed by atoms with E-state index in [4.69, 9.17) is 4.74 Å². The maximum atomic E-state index is 12.5. The number of carbonyl (C=O) groups is 1. The highest BCUT2D eigenvalue weighted by atomic mass is 32.2. The highest BCUT2D eigenvalue weighted by molar-refractivity contribution is 7.90. The van der Waals surface area contributed by atoms with Crippen LogP contribution in [0, 0.1) is 5.41 Å². The first-order chi connectivity index (χ1) is 10.6. The summed E-state index contributed by atoms with van der Waals surface area (Å²) in [6, 6.07) is 6.22. The number of hydrogen-bond acceptors (Lipinski definition) is 4. The Morgan fingerprint density at radius 1 is 1.22 bits per heavy atom. The lowest BCUT2D eigenvalue weighted by Gasteiger charge is -2.36. The van der Waals surface area contributed by atoms with E-state index in [1.807, 2.05) is 4.90 Å². The lowest BCUT2D eigenvalue weighted by molar-refractivity contribution is -0.143. The molecule has 1 aliphatic heterocycles. The number of amides is 1. The minimum absolute atomic E-state index is 0.0124. The summed E-state index contributed by atoms with van der Waals surface area (Å²) in [6.07, 6.45) is 2.27. The molecule has 128 valence electrons. The molecular formula is C17H25NO4S. The van der Waals surface area contributed by atoms with Gasteiger partial charge in [-0.05, 0) is 42.5 Å². The van der Waals surface area contributed by atoms with Crippen molar-refractivity contribution in [2.24, 2.45) is 5.41 Å². The zero-order chi connectivity index (χ0) is 17.3. The molecule has 2 rings (SSSR count). The summed E-state index contributed by atoms with van der Waals surface area (Å²) < 4.78 is 28.7. The van der Waals surface area contributed by atoms with E-state index >= 15 is 0 Å². The molecule has 6 heteroatoms. The first kappa shape index (κ1) is 17.8. The Kier molecular flexibility index (Phi) is 5.04. The molecule has 0 aromatic heterocycles. The van der Waals surface area contributed by atoms with Gasteiger partial charge >= 0.3 is 0 Å². The van der Waals surface area contributed by atoms with Gasteiger partial charge in [0.15, 0.2) is 15.9 Å². The predicted molar refractivity (Wildman–Crippen MR) is 89.2 cm³/mol. The number of rotatable bonds is 4. The van der Waals surface area contributed by atoms with E-state index in [0.29, 0.717) is 18.7 Å². The zero-order valence-corrected chi connectivity index (χ0v) is 15.0. The second kappa shape index (κ2) is 6.51. The maximum absolute atomic E-state index is 12.5. The predicted octanol–water partition coefficient (Wildman–Crippen LogP) is 2.51. The summed E-state index contributed by atoms with van der Waals surface area (Å²) in [7, 11) is -3.22. The third-order valence-corrected chi connectivity index (χ3v) is 4.81. The van der Waals surface area contributed by atoms with Gasteiger partial charge in [0.2, 0.25) is 0 Å². The molecule has 0 unspecified atom stereocenters. The summed E-state index contributed by atoms with van der Waals surface area (Å²) in [5.41, 5.74) is 0.0503. The topological polar surface area (TPSA) is 63.7 Å². The van der Waals surface area contributed by atoms with Crippen LogP contribution in [0.3, 0.4) is 0 Å². The van der Waals surface area contributed by atoms with Crippen molar-refractivity contribution in [1.29, 1.82) is 0 Å². The van der Waals surface area contributed by atoms with Crippen LogP contribution in [-0.2, 0) is 14.6 Å². The average molecular weight is 339 g/mol. The number of piperidine rings is 1. The van der Waals surface area contributed by atoms with E-state index in [9.17, 15) is 13.2 Å². The number of hydrogen-bond donors (Lipinski definition) is 0. The van der Waals surface area contributed by atoms with Crippen molar-refractivity contribution in [3.63, 3.8) is 0 Å². The quantitative estimate of drug-likeness (QED) is 0.845. The van der Waals surface area contributed by atoms with Crippen molar-refractivity contribution in [2.75, 3.05) is 19.3 Å². The van der Waals surface area contributed by atoms with Gasteiger partial charge in [0, 0.05) is 19.3 Å². The minimum Gasteiger partial charge on any atom is -0.481 e. The van der Waals surface area contributed by atoms with Gasteiger partial charge in [-0.25, -0.2) is 8.42 Å². The van der Waals surface area contributed by atoms with Crippen LogP contribution in [0.25, 0.3) is 0 Å². The van der Waals surface area contributed by atoms with Crippen LogP contribution in [0.1, 0.15) is 33.6 Å². The van der Waals surface area contributed by atoms with Gasteiger partial charge in [0.25, 0.3) is 5.91 Å². The smallest absolute Gasteiger partial charge is 0.263 e. The molecule has 1 atom stereocenters. The molecule has 1 saturated heterocycles. The molecular weight excluding hydrogens is 314 g/mol. The number of benzene rings is 1. The van der Waals surface area contributed by atoms with Gasteiger partial charge in [-0.1, -0.05) is 20.8 Å². The Hall–Kier alpha value is -1.56. The van der Waals surface area contributed by atoms with Gasteiger partial charge in [-0.3, -0.25) is 4.79 Å². The van der Waals surface area contributed by atoms with Crippen molar-refractivity contribution in [3.8, 4) is 5.75 Å². The van der Waals surface area contributed by atoms with Gasteiger partial charge in [-0.15, -0.1) is 0 Å². The molecule has 0 N–H and O–H groups in total. The fourth-order valence-electron chi connectivity index (χ4n) is 2.67. The maximum Gasteiger partial charge on any atom is 0.263 e. The number of carbonyl (C=O) groups excluding carboxylic acids is 1. The number of ether oxygens (including phenoxy) is 1. The SMILES string of the molecule is CC(C)(C)CN1CCC[C@@H](Oc2ccc(S(C)(=O)=O)cc2)C1=O. The first-order valence-corrected chi connectivity index (χ1v) is 9.71. The first-order valence-electron chi connectivity index (χ1n) is 7.82. The van der Waals surface area contributed by atoms with E-state index in [1.54, 1.807) is 12.1 Å². The highest BCUT2D eigenvalue weighted by Crippen LogP contribution is 2.24. The van der Waals surface area contributed by atoms with Crippen molar-refractivity contribution in [3.05, 3.63) is 24.3 Å². The van der Waals surface area contributed by atoms with Gasteiger partial charge in [0.05, 0.1) is 4.90 Å². The molecule has 1 aromatic carbocycles. The van der Waals surface area contributed by atoms with Crippen molar-refractivity contribution in [2.45, 2.75) is 44.6 Å². The van der Waals surface area contributed by atoms with Gasteiger partial charge in [-0.2, -0.15) is 0 Å². The summed E-state index contributed by atoms with van der Waals surface area (Å²) in [5, 5.41) is 0. The molecule has 5 nitrogen and oxygen atoms in total. The molecule has 0 saturated carbocycles. The van der Waals surface area contributed by atoms with Crippen LogP contribution in [-0.4, -0.2) is 44.7 Å². The molecule has 0 spiro atoms. The van der Waals surface area contributed by atoms with E-state index in [0.717, 1.165) is 19.2 Å². The summed E-state index contributed by atoms with van der Waals surface area (Å²) in [6.45, 7) is 7.79. The second-order valence-electron chi connectivity index (χ2n) is 7.31. The average Bonchev–Trinajstić information content (AvgIpc) is 2.41. The van der Waals surface area contributed by atoms with Crippen LogP contribution >= 0.6 is 0 Å². The van der Waals surface area contributed by atoms with Crippen LogP contribution in [0.2, 0.25) is 0 Å². The van der Waals surface area contributed by atoms with E-state index < -0.39 is 15.9 Å². The Bertz CT molecular complexity index is 659. The van der Waals surface area contributed by atoms with Crippen LogP contribution in [0.4, 0.5) is 0 Å². The molecule has 0 bridgehead atoms. The monoisotopic (exact) mass is 339 g/mol. The third kappa shape index (κ3) is 4.96. The van der Waals surface area contributed by atoms with E-state index in [1.165, 1.54) is 12.1 Å². The molecule has 1 amide bonds. The standard InChI is InChI=1S/C17H25NO4S/c1-17(2,3)12-18-11-5-6-15(16(18)19)22-13-7-9-14(10-8-13)23(4,20)21/h7-10,15H,5-6,11-12H2,1-4H3/t15-/m1/s1. The molecule has 1 aliphatic rings. The second-order valence-corrected chi connectivity index (χ2v) is 9.33. The minimum atomic E-state index is -3.22. The zero-order valence-electron chi connectivity index (χ0n) is 14.2. The Morgan fingerprint density at radius 3 is 2.35 bits per heavy atom. The van der Waals surface area contributed by atoms with Crippen molar-refractivity contribution >= 4 is 15.7 Å². The van der Waals surface area contributed by atoms with Crippen molar-refractivity contribution < 1.29 is 17.9 Å². The molecule has 0 aliphatic carbocycles.